The first-order chi connectivity index (χ1) is 22.0. The molecule has 1 unspecified atom stereocenters. The summed E-state index contributed by atoms with van der Waals surface area (Å²) in [7, 11) is -3.48. The zero-order valence-corrected chi connectivity index (χ0v) is 28.6. The number of sulfone groups is 1. The maximum atomic E-state index is 13.4. The molecule has 4 rings (SSSR count). The summed E-state index contributed by atoms with van der Waals surface area (Å²) in [5.41, 5.74) is 3.44. The first-order valence-corrected chi connectivity index (χ1v) is 17.1. The van der Waals surface area contributed by atoms with Crippen molar-refractivity contribution in [1.29, 1.82) is 0 Å². The Balaban J connectivity index is 2.09. The van der Waals surface area contributed by atoms with Gasteiger partial charge in [-0.2, -0.15) is 0 Å². The minimum atomic E-state index is -3.48. The maximum absolute atomic E-state index is 13.4. The Morgan fingerprint density at radius 3 is 2.55 bits per heavy atom. The van der Waals surface area contributed by atoms with Crippen LogP contribution < -0.4 is 5.56 Å². The number of pyridine rings is 1. The zero-order valence-electron chi connectivity index (χ0n) is 27.8. The van der Waals surface area contributed by atoms with Crippen LogP contribution in [0.3, 0.4) is 0 Å². The molecule has 248 valence electrons. The molecule has 47 heavy (non-hydrogen) atoms. The van der Waals surface area contributed by atoms with Crippen LogP contribution in [0.15, 0.2) is 99.0 Å². The number of aliphatic carboxylic acids is 1. The van der Waals surface area contributed by atoms with Gasteiger partial charge in [-0.1, -0.05) is 30.4 Å². The summed E-state index contributed by atoms with van der Waals surface area (Å²) in [6.45, 7) is 17.6. The topological polar surface area (TPSA) is 124 Å². The van der Waals surface area contributed by atoms with Gasteiger partial charge in [-0.3, -0.25) is 9.79 Å². The summed E-state index contributed by atoms with van der Waals surface area (Å²) in [5.74, 6) is -0.446. The smallest absolute Gasteiger partial charge is 0.337 e. The Labute approximate surface area is 276 Å². The molecule has 1 fully saturated rings. The van der Waals surface area contributed by atoms with Crippen molar-refractivity contribution >= 4 is 39.0 Å². The van der Waals surface area contributed by atoms with E-state index in [1.807, 2.05) is 13.0 Å². The number of aromatic nitrogens is 1. The number of rotatable bonds is 10. The third-order valence-corrected chi connectivity index (χ3v) is 9.00. The number of fused-ring (bicyclic) bond motifs is 1. The molecule has 1 aliphatic rings. The van der Waals surface area contributed by atoms with Crippen LogP contribution in [0.25, 0.3) is 16.5 Å². The second kappa shape index (κ2) is 14.1. The van der Waals surface area contributed by atoms with E-state index in [9.17, 15) is 23.1 Å². The number of hydrogen-bond donors (Lipinski definition) is 1. The molecule has 1 atom stereocenters. The van der Waals surface area contributed by atoms with Gasteiger partial charge in [-0.15, -0.1) is 0 Å². The van der Waals surface area contributed by atoms with Gasteiger partial charge in [0, 0.05) is 41.7 Å². The van der Waals surface area contributed by atoms with E-state index < -0.39 is 27.5 Å². The van der Waals surface area contributed by atoms with Gasteiger partial charge in [0.25, 0.3) is 5.56 Å². The van der Waals surface area contributed by atoms with Crippen LogP contribution in [-0.4, -0.2) is 49.2 Å². The lowest BCUT2D eigenvalue weighted by molar-refractivity contribution is -0.160. The number of carbonyl (C=O) groups is 1. The van der Waals surface area contributed by atoms with E-state index in [4.69, 9.17) is 9.47 Å². The van der Waals surface area contributed by atoms with Crippen molar-refractivity contribution in [3.8, 4) is 0 Å². The van der Waals surface area contributed by atoms with Gasteiger partial charge < -0.3 is 19.1 Å². The molecule has 0 bridgehead atoms. The van der Waals surface area contributed by atoms with E-state index in [-0.39, 0.29) is 22.7 Å². The second-order valence-corrected chi connectivity index (χ2v) is 14.6. The van der Waals surface area contributed by atoms with Crippen molar-refractivity contribution < 1.29 is 27.8 Å². The number of nitrogens with zero attached hydrogens (tertiary/aromatic N) is 2. The first kappa shape index (κ1) is 35.3. The molecule has 9 nitrogen and oxygen atoms in total. The molecule has 0 radical (unpaired) electrons. The van der Waals surface area contributed by atoms with Gasteiger partial charge in [-0.05, 0) is 94.4 Å². The van der Waals surface area contributed by atoms with E-state index in [1.54, 1.807) is 68.7 Å². The summed E-state index contributed by atoms with van der Waals surface area (Å²) in [6.07, 6.45) is 6.93. The number of allylic oxidation sites excluding steroid dienone is 5. The molecule has 0 spiro atoms. The fourth-order valence-electron chi connectivity index (χ4n) is 5.64. The molecule has 2 aromatic carbocycles. The summed E-state index contributed by atoms with van der Waals surface area (Å²) >= 11 is 0. The number of benzene rings is 2. The minimum Gasteiger partial charge on any atom is -0.497 e. The van der Waals surface area contributed by atoms with Crippen LogP contribution in [0.5, 0.6) is 0 Å². The van der Waals surface area contributed by atoms with Gasteiger partial charge in [0.1, 0.15) is 0 Å². The highest BCUT2D eigenvalue weighted by atomic mass is 32.2. The fourth-order valence-corrected chi connectivity index (χ4v) is 6.33. The van der Waals surface area contributed by atoms with Crippen molar-refractivity contribution in [2.75, 3.05) is 12.9 Å². The number of ether oxygens (including phenoxy) is 2. The van der Waals surface area contributed by atoms with Gasteiger partial charge >= 0.3 is 5.97 Å². The van der Waals surface area contributed by atoms with E-state index in [2.05, 4.69) is 24.4 Å². The molecule has 1 N–H and O–H groups in total. The third kappa shape index (κ3) is 8.25. The summed E-state index contributed by atoms with van der Waals surface area (Å²) in [5, 5.41) is 11.1. The molecule has 0 aliphatic carbocycles. The van der Waals surface area contributed by atoms with E-state index in [1.165, 1.54) is 17.7 Å². The van der Waals surface area contributed by atoms with Crippen LogP contribution in [0.4, 0.5) is 0 Å². The molecule has 0 saturated carbocycles. The van der Waals surface area contributed by atoms with Crippen molar-refractivity contribution in [2.45, 2.75) is 70.6 Å². The summed E-state index contributed by atoms with van der Waals surface area (Å²) < 4.78 is 38.2. The number of carboxylic acid groups (broad SMARTS) is 1. The lowest BCUT2D eigenvalue weighted by atomic mass is 9.86. The fraction of sp³-hybridized carbons (Fsp3) is 0.324. The van der Waals surface area contributed by atoms with Gasteiger partial charge in [0.05, 0.1) is 40.6 Å². The van der Waals surface area contributed by atoms with E-state index >= 15 is 0 Å². The lowest BCUT2D eigenvalue weighted by Gasteiger charge is -2.29. The first-order valence-electron chi connectivity index (χ1n) is 15.2. The highest BCUT2D eigenvalue weighted by Gasteiger charge is 2.33. The monoisotopic (exact) mass is 658 g/mol. The predicted octanol–water partition coefficient (Wildman–Crippen LogP) is 6.94. The summed E-state index contributed by atoms with van der Waals surface area (Å²) in [4.78, 5) is 30.6. The number of aryl methyl sites for hydroxylation is 1. The SMILES string of the molecule is C=NC(=C)C(=CC=C1CC(=CC)CCO1)c1c(C(OC(C)(C)C)C(=O)O)c(C)cc2c1ccc(=O)n2Cc1cccc(S(C)(=O)=O)c1. The van der Waals surface area contributed by atoms with Crippen molar-refractivity contribution in [1.82, 2.24) is 4.57 Å². The molecule has 0 amide bonds. The van der Waals surface area contributed by atoms with Crippen molar-refractivity contribution in [3.05, 3.63) is 117 Å². The molecule has 1 aliphatic heterocycles. The minimum absolute atomic E-state index is 0.0718. The van der Waals surface area contributed by atoms with Gasteiger partial charge in [0.2, 0.25) is 0 Å². The average Bonchev–Trinajstić information content (AvgIpc) is 3.00. The highest BCUT2D eigenvalue weighted by molar-refractivity contribution is 7.90. The molecule has 3 aromatic rings. The Morgan fingerprint density at radius 2 is 1.94 bits per heavy atom. The van der Waals surface area contributed by atoms with Gasteiger partial charge in [-0.25, -0.2) is 13.2 Å². The van der Waals surface area contributed by atoms with Crippen LogP contribution in [0.1, 0.15) is 68.9 Å². The summed E-state index contributed by atoms with van der Waals surface area (Å²) in [6, 6.07) is 11.3. The molecule has 1 aromatic heterocycles. The highest BCUT2D eigenvalue weighted by Crippen LogP contribution is 2.40. The predicted molar refractivity (Wildman–Crippen MR) is 187 cm³/mol. The molecular weight excluding hydrogens is 616 g/mol. The van der Waals surface area contributed by atoms with Crippen LogP contribution in [0, 0.1) is 6.92 Å². The number of hydrogen-bond acceptors (Lipinski definition) is 7. The Hall–Kier alpha value is -4.54. The number of aliphatic imine (C=N–C) groups is 1. The standard InChI is InChI=1S/C37H42N2O7S/c1-9-25-17-18-45-27(20-25)13-14-29(24(3)38-7)34-30-15-16-32(40)39(22-26-11-10-12-28(21-26)47(8,43)44)31(30)19-23(2)33(34)35(36(41)42)46-37(4,5)6/h9-16,19,21,35H,3,7,17-18,20,22H2,1-2,4-6,8H3,(H,41,42). The Bertz CT molecular complexity index is 2010. The quantitative estimate of drug-likeness (QED) is 0.142. The number of carboxylic acids is 1. The van der Waals surface area contributed by atoms with Crippen LogP contribution >= 0.6 is 0 Å². The van der Waals surface area contributed by atoms with E-state index in [0.717, 1.165) is 18.4 Å². The maximum Gasteiger partial charge on any atom is 0.337 e. The Morgan fingerprint density at radius 1 is 1.21 bits per heavy atom. The van der Waals surface area contributed by atoms with Crippen LogP contribution in [0.2, 0.25) is 0 Å². The third-order valence-electron chi connectivity index (χ3n) is 7.89. The van der Waals surface area contributed by atoms with Gasteiger partial charge in [0.15, 0.2) is 15.9 Å². The van der Waals surface area contributed by atoms with Crippen LogP contribution in [-0.2, 0) is 30.7 Å². The zero-order chi connectivity index (χ0) is 34.7. The van der Waals surface area contributed by atoms with E-state index in [0.29, 0.717) is 51.8 Å². The molecule has 1 saturated heterocycles. The second-order valence-electron chi connectivity index (χ2n) is 12.6. The normalized spacial score (nSPS) is 16.7. The van der Waals surface area contributed by atoms with Crippen molar-refractivity contribution in [2.24, 2.45) is 4.99 Å². The lowest BCUT2D eigenvalue weighted by Crippen LogP contribution is -2.29. The molecule has 2 heterocycles. The van der Waals surface area contributed by atoms with Crippen molar-refractivity contribution in [3.63, 3.8) is 0 Å². The largest absolute Gasteiger partial charge is 0.497 e. The Kier molecular flexibility index (Phi) is 10.6. The average molecular weight is 659 g/mol. The molecule has 10 heteroatoms. The molecular formula is C37H42N2O7S.